The summed E-state index contributed by atoms with van der Waals surface area (Å²) in [5.41, 5.74) is 0.133. The normalized spacial score (nSPS) is 15.1. The number of nitrogens with one attached hydrogen (secondary N) is 4. The predicted molar refractivity (Wildman–Crippen MR) is 116 cm³/mol. The van der Waals surface area contributed by atoms with E-state index in [9.17, 15) is 18.8 Å². The molecular weight excluding hydrogens is 448 g/mol. The monoisotopic (exact) mass is 461 g/mol. The number of halogens is 3. The highest BCUT2D eigenvalue weighted by molar-refractivity contribution is 6.44. The third-order valence-corrected chi connectivity index (χ3v) is 5.40. The van der Waals surface area contributed by atoms with Crippen LogP contribution in [0, 0.1) is 5.82 Å². The lowest BCUT2D eigenvalue weighted by molar-refractivity contribution is -0.123. The number of hydrogen-bond acceptors (Lipinski definition) is 5. The number of anilines is 4. The maximum atomic E-state index is 13.1. The number of amides is 2. The molecule has 0 radical (unpaired) electrons. The fraction of sp³-hybridized carbons (Fsp3) is 0.100. The molecule has 0 aliphatic carbocycles. The van der Waals surface area contributed by atoms with Gasteiger partial charge in [0.2, 0.25) is 17.8 Å². The van der Waals surface area contributed by atoms with Crippen LogP contribution in [0.25, 0.3) is 0 Å². The topological polar surface area (TPSA) is 116 Å². The van der Waals surface area contributed by atoms with Gasteiger partial charge in [-0.25, -0.2) is 4.39 Å². The van der Waals surface area contributed by atoms with Gasteiger partial charge in [0, 0.05) is 12.1 Å². The van der Waals surface area contributed by atoms with Crippen molar-refractivity contribution >= 4 is 58.2 Å². The van der Waals surface area contributed by atoms with E-state index < -0.39 is 29.1 Å². The number of nitrogens with zero attached hydrogens (tertiary/aromatic N) is 1. The molecule has 1 atom stereocenters. The molecule has 4 rings (SSSR count). The van der Waals surface area contributed by atoms with Crippen molar-refractivity contribution in [1.29, 1.82) is 0 Å². The Labute approximate surface area is 184 Å². The van der Waals surface area contributed by atoms with Gasteiger partial charge in [-0.2, -0.15) is 4.98 Å². The van der Waals surface area contributed by atoms with E-state index in [0.717, 1.165) is 0 Å². The number of hydrogen-bond donors (Lipinski definition) is 4. The number of aromatic amines is 1. The number of benzene rings is 2. The number of fused-ring (bicyclic) bond motifs is 1. The summed E-state index contributed by atoms with van der Waals surface area (Å²) >= 11 is 12.1. The van der Waals surface area contributed by atoms with Crippen molar-refractivity contribution < 1.29 is 14.0 Å². The van der Waals surface area contributed by atoms with Gasteiger partial charge in [0.25, 0.3) is 5.56 Å². The van der Waals surface area contributed by atoms with Crippen LogP contribution in [0.1, 0.15) is 17.9 Å². The van der Waals surface area contributed by atoms with Crippen LogP contribution < -0.4 is 21.5 Å². The van der Waals surface area contributed by atoms with Crippen molar-refractivity contribution in [1.82, 2.24) is 9.97 Å². The van der Waals surface area contributed by atoms with Crippen LogP contribution in [-0.2, 0) is 9.59 Å². The van der Waals surface area contributed by atoms with E-state index in [2.05, 4.69) is 25.9 Å². The first kappa shape index (κ1) is 20.8. The van der Waals surface area contributed by atoms with Gasteiger partial charge in [-0.15, -0.1) is 0 Å². The second-order valence-corrected chi connectivity index (χ2v) is 7.49. The number of H-pyrrole nitrogens is 1. The molecule has 31 heavy (non-hydrogen) atoms. The summed E-state index contributed by atoms with van der Waals surface area (Å²) in [4.78, 5) is 44.5. The predicted octanol–water partition coefficient (Wildman–Crippen LogP) is 4.02. The zero-order valence-corrected chi connectivity index (χ0v) is 17.1. The van der Waals surface area contributed by atoms with Gasteiger partial charge in [0.05, 0.1) is 27.2 Å². The van der Waals surface area contributed by atoms with Crippen molar-refractivity contribution in [2.24, 2.45) is 0 Å². The second-order valence-electron chi connectivity index (χ2n) is 6.70. The molecule has 8 nitrogen and oxygen atoms in total. The molecule has 0 unspecified atom stereocenters. The van der Waals surface area contributed by atoms with Crippen molar-refractivity contribution in [3.05, 3.63) is 74.2 Å². The van der Waals surface area contributed by atoms with Gasteiger partial charge in [0.15, 0.2) is 0 Å². The second kappa shape index (κ2) is 8.37. The lowest BCUT2D eigenvalue weighted by atomic mass is 9.92. The van der Waals surface area contributed by atoms with E-state index in [-0.39, 0.29) is 39.5 Å². The maximum Gasteiger partial charge on any atom is 0.258 e. The molecule has 0 spiro atoms. The number of aromatic nitrogens is 2. The Balaban J connectivity index is 1.65. The molecule has 1 aromatic heterocycles. The zero-order valence-electron chi connectivity index (χ0n) is 15.6. The van der Waals surface area contributed by atoms with E-state index in [1.165, 1.54) is 24.3 Å². The minimum atomic E-state index is -1.09. The minimum Gasteiger partial charge on any atom is -0.326 e. The molecule has 2 aromatic carbocycles. The first-order chi connectivity index (χ1) is 14.8. The molecular formula is C20H14Cl2FN5O3. The standard InChI is InChI=1S/C20H14Cl2FN5O3/c21-12-2-1-3-13(16(12)22)25-18(30)11-8-14(29)26-17-15(11)19(31)28-20(27-17)24-10-6-4-9(23)5-7-10/h1-7,11H,8H2,(H,25,30)(H3,24,26,27,28,29,31)/t11-/m0/s1. The lowest BCUT2D eigenvalue weighted by Gasteiger charge is -2.24. The van der Waals surface area contributed by atoms with E-state index in [1.807, 2.05) is 0 Å². The Morgan fingerprint density at radius 2 is 1.87 bits per heavy atom. The van der Waals surface area contributed by atoms with Crippen molar-refractivity contribution in [3.8, 4) is 0 Å². The first-order valence-corrected chi connectivity index (χ1v) is 9.79. The average molecular weight is 462 g/mol. The average Bonchev–Trinajstić information content (AvgIpc) is 2.72. The van der Waals surface area contributed by atoms with Crippen LogP contribution >= 0.6 is 23.2 Å². The highest BCUT2D eigenvalue weighted by Gasteiger charge is 2.35. The van der Waals surface area contributed by atoms with Crippen LogP contribution in [0.2, 0.25) is 10.0 Å². The summed E-state index contributed by atoms with van der Waals surface area (Å²) in [5, 5.41) is 8.32. The fourth-order valence-electron chi connectivity index (χ4n) is 3.14. The molecule has 0 saturated heterocycles. The molecule has 0 fully saturated rings. The Bertz CT molecular complexity index is 1250. The van der Waals surface area contributed by atoms with E-state index in [4.69, 9.17) is 23.2 Å². The molecule has 158 valence electrons. The molecule has 0 saturated carbocycles. The molecule has 0 bridgehead atoms. The van der Waals surface area contributed by atoms with Crippen molar-refractivity contribution in [3.63, 3.8) is 0 Å². The van der Waals surface area contributed by atoms with E-state index in [0.29, 0.717) is 5.69 Å². The number of carbonyl (C=O) groups is 2. The quantitative estimate of drug-likeness (QED) is 0.468. The molecule has 11 heteroatoms. The molecule has 1 aliphatic heterocycles. The molecule has 1 aliphatic rings. The zero-order chi connectivity index (χ0) is 22.1. The number of carbonyl (C=O) groups excluding carboxylic acids is 2. The van der Waals surface area contributed by atoms with Gasteiger partial charge in [0.1, 0.15) is 11.6 Å². The van der Waals surface area contributed by atoms with Gasteiger partial charge in [-0.3, -0.25) is 19.4 Å². The van der Waals surface area contributed by atoms with E-state index >= 15 is 0 Å². The first-order valence-electron chi connectivity index (χ1n) is 9.03. The lowest BCUT2D eigenvalue weighted by Crippen LogP contribution is -2.36. The number of rotatable bonds is 4. The molecule has 2 heterocycles. The van der Waals surface area contributed by atoms with Crippen LogP contribution in [0.3, 0.4) is 0 Å². The summed E-state index contributed by atoms with van der Waals surface area (Å²) in [7, 11) is 0. The van der Waals surface area contributed by atoms with Gasteiger partial charge >= 0.3 is 0 Å². The summed E-state index contributed by atoms with van der Waals surface area (Å²) < 4.78 is 13.1. The Hall–Kier alpha value is -3.43. The van der Waals surface area contributed by atoms with Crippen LogP contribution in [0.15, 0.2) is 47.3 Å². The van der Waals surface area contributed by atoms with Crippen molar-refractivity contribution in [2.75, 3.05) is 16.0 Å². The third-order valence-electron chi connectivity index (χ3n) is 4.58. The summed E-state index contributed by atoms with van der Waals surface area (Å²) in [5.74, 6) is -2.60. The van der Waals surface area contributed by atoms with Crippen LogP contribution in [-0.4, -0.2) is 21.8 Å². The molecule has 2 amide bonds. The highest BCUT2D eigenvalue weighted by Crippen LogP contribution is 2.33. The SMILES string of the molecule is O=C1C[C@H](C(=O)Nc2cccc(Cl)c2Cl)c2c(nc(Nc3ccc(F)cc3)[nH]c2=O)N1. The smallest absolute Gasteiger partial charge is 0.258 e. The van der Waals surface area contributed by atoms with Crippen molar-refractivity contribution in [2.45, 2.75) is 12.3 Å². The summed E-state index contributed by atoms with van der Waals surface area (Å²) in [6.07, 6.45) is -0.244. The Morgan fingerprint density at radius 1 is 1.13 bits per heavy atom. The largest absolute Gasteiger partial charge is 0.326 e. The van der Waals surface area contributed by atoms with Gasteiger partial charge in [-0.05, 0) is 36.4 Å². The third kappa shape index (κ3) is 4.37. The van der Waals surface area contributed by atoms with Crippen LogP contribution in [0.4, 0.5) is 27.5 Å². The fourth-order valence-corrected chi connectivity index (χ4v) is 3.49. The van der Waals surface area contributed by atoms with E-state index in [1.54, 1.807) is 18.2 Å². The summed E-state index contributed by atoms with van der Waals surface area (Å²) in [6.45, 7) is 0. The Morgan fingerprint density at radius 3 is 2.61 bits per heavy atom. The molecule has 3 aromatic rings. The highest BCUT2D eigenvalue weighted by atomic mass is 35.5. The van der Waals surface area contributed by atoms with Gasteiger partial charge < -0.3 is 16.0 Å². The van der Waals surface area contributed by atoms with Crippen LogP contribution in [0.5, 0.6) is 0 Å². The minimum absolute atomic E-state index is 0.0138. The Kier molecular flexibility index (Phi) is 5.62. The molecule has 4 N–H and O–H groups in total. The summed E-state index contributed by atoms with van der Waals surface area (Å²) in [6, 6.07) is 10.1. The maximum absolute atomic E-state index is 13.1. The van der Waals surface area contributed by atoms with Gasteiger partial charge in [-0.1, -0.05) is 29.3 Å².